The summed E-state index contributed by atoms with van der Waals surface area (Å²) in [6.07, 6.45) is 1.24. The molecular formula is C9H17ClFN3O. The fourth-order valence-corrected chi connectivity index (χ4v) is 1.68. The Morgan fingerprint density at radius 3 is 2.73 bits per heavy atom. The van der Waals surface area contributed by atoms with Gasteiger partial charge in [0, 0.05) is 19.1 Å². The van der Waals surface area contributed by atoms with Crippen LogP contribution in [0.5, 0.6) is 0 Å². The summed E-state index contributed by atoms with van der Waals surface area (Å²) in [6.45, 7) is 0.881. The molecule has 6 heteroatoms. The van der Waals surface area contributed by atoms with Crippen molar-refractivity contribution in [3.8, 4) is 0 Å². The Kier molecular flexibility index (Phi) is 3.92. The molecule has 4 N–H and O–H groups in total. The molecule has 0 aromatic rings. The van der Waals surface area contributed by atoms with E-state index >= 15 is 0 Å². The largest absolute Gasteiger partial charge is 0.353 e. The average molecular weight is 238 g/mol. The lowest BCUT2D eigenvalue weighted by molar-refractivity contribution is -0.123. The van der Waals surface area contributed by atoms with Crippen molar-refractivity contribution in [3.05, 3.63) is 0 Å². The Bertz CT molecular complexity index is 248. The van der Waals surface area contributed by atoms with E-state index in [4.69, 9.17) is 5.73 Å². The monoisotopic (exact) mass is 237 g/mol. The topological polar surface area (TPSA) is 67.2 Å². The predicted octanol–water partition coefficient (Wildman–Crippen LogP) is -0.284. The number of nitrogens with two attached hydrogens (primary N) is 1. The number of halogens is 2. The predicted molar refractivity (Wildman–Crippen MR) is 57.7 cm³/mol. The summed E-state index contributed by atoms with van der Waals surface area (Å²) >= 11 is 0. The van der Waals surface area contributed by atoms with Crippen molar-refractivity contribution in [1.82, 2.24) is 10.6 Å². The van der Waals surface area contributed by atoms with E-state index in [0.717, 1.165) is 12.8 Å². The Labute approximate surface area is 94.6 Å². The molecule has 88 valence electrons. The zero-order chi connectivity index (χ0) is 10.2. The van der Waals surface area contributed by atoms with Gasteiger partial charge in [-0.1, -0.05) is 0 Å². The van der Waals surface area contributed by atoms with Crippen LogP contribution < -0.4 is 16.4 Å². The summed E-state index contributed by atoms with van der Waals surface area (Å²) < 4.78 is 12.7. The highest BCUT2D eigenvalue weighted by Crippen LogP contribution is 2.32. The Balaban J connectivity index is 0.00000112. The normalized spacial score (nSPS) is 31.9. The van der Waals surface area contributed by atoms with Crippen LogP contribution in [0, 0.1) is 0 Å². The lowest BCUT2D eigenvalue weighted by atomic mass is 10.2. The SMILES string of the molecule is Cl.NC1(C(=O)NC[C@@H]2C[C@H](F)CN2)CC1. The summed E-state index contributed by atoms with van der Waals surface area (Å²) in [4.78, 5) is 11.4. The molecule has 2 rings (SSSR count). The van der Waals surface area contributed by atoms with Gasteiger partial charge in [-0.05, 0) is 19.3 Å². The second-order valence-corrected chi connectivity index (χ2v) is 4.30. The van der Waals surface area contributed by atoms with E-state index in [1.807, 2.05) is 0 Å². The van der Waals surface area contributed by atoms with Gasteiger partial charge in [-0.2, -0.15) is 0 Å². The minimum absolute atomic E-state index is 0. The fraction of sp³-hybridized carbons (Fsp3) is 0.889. The number of hydrogen-bond acceptors (Lipinski definition) is 3. The molecule has 0 unspecified atom stereocenters. The average Bonchev–Trinajstić information content (AvgIpc) is 2.76. The standard InChI is InChI=1S/C9H16FN3O.ClH/c10-6-3-7(12-4-6)5-13-8(14)9(11)1-2-9;/h6-7,12H,1-5,11H2,(H,13,14);1H/t6-,7-;/m0./s1. The minimum atomic E-state index is -0.773. The number of rotatable bonds is 3. The van der Waals surface area contributed by atoms with Crippen molar-refractivity contribution in [2.45, 2.75) is 37.0 Å². The van der Waals surface area contributed by atoms with Gasteiger partial charge in [0.1, 0.15) is 6.17 Å². The zero-order valence-electron chi connectivity index (χ0n) is 8.46. The van der Waals surface area contributed by atoms with Gasteiger partial charge in [0.2, 0.25) is 5.91 Å². The number of amides is 1. The van der Waals surface area contributed by atoms with E-state index < -0.39 is 11.7 Å². The summed E-state index contributed by atoms with van der Waals surface area (Å²) in [5.74, 6) is -0.0957. The smallest absolute Gasteiger partial charge is 0.240 e. The van der Waals surface area contributed by atoms with Gasteiger partial charge >= 0.3 is 0 Å². The van der Waals surface area contributed by atoms with Crippen LogP contribution in [0.2, 0.25) is 0 Å². The summed E-state index contributed by atoms with van der Waals surface area (Å²) in [6, 6.07) is 0.0660. The van der Waals surface area contributed by atoms with Crippen LogP contribution in [0.3, 0.4) is 0 Å². The first-order valence-electron chi connectivity index (χ1n) is 5.05. The molecule has 1 aliphatic heterocycles. The maximum absolute atomic E-state index is 12.7. The van der Waals surface area contributed by atoms with E-state index in [1.54, 1.807) is 0 Å². The Morgan fingerprint density at radius 2 is 2.27 bits per heavy atom. The molecule has 1 heterocycles. The van der Waals surface area contributed by atoms with Crippen molar-refractivity contribution < 1.29 is 9.18 Å². The van der Waals surface area contributed by atoms with Crippen molar-refractivity contribution in [2.24, 2.45) is 5.73 Å². The van der Waals surface area contributed by atoms with Crippen molar-refractivity contribution in [2.75, 3.05) is 13.1 Å². The van der Waals surface area contributed by atoms with Gasteiger partial charge in [-0.15, -0.1) is 12.4 Å². The molecule has 0 aromatic carbocycles. The molecule has 2 aliphatic rings. The Hall–Kier alpha value is -0.390. The highest BCUT2D eigenvalue weighted by atomic mass is 35.5. The molecule has 4 nitrogen and oxygen atoms in total. The molecule has 1 saturated heterocycles. The fourth-order valence-electron chi connectivity index (χ4n) is 1.68. The molecule has 0 radical (unpaired) electrons. The van der Waals surface area contributed by atoms with Crippen LogP contribution in [-0.2, 0) is 4.79 Å². The second-order valence-electron chi connectivity index (χ2n) is 4.30. The molecule has 0 spiro atoms. The van der Waals surface area contributed by atoms with Gasteiger partial charge in [0.25, 0.3) is 0 Å². The summed E-state index contributed by atoms with van der Waals surface area (Å²) in [5, 5.41) is 5.76. The number of hydrogen-bond donors (Lipinski definition) is 3. The van der Waals surface area contributed by atoms with Crippen LogP contribution in [0.25, 0.3) is 0 Å². The maximum Gasteiger partial charge on any atom is 0.240 e. The first-order valence-corrected chi connectivity index (χ1v) is 5.05. The third-order valence-corrected chi connectivity index (χ3v) is 2.92. The van der Waals surface area contributed by atoms with E-state index in [-0.39, 0.29) is 24.4 Å². The van der Waals surface area contributed by atoms with Crippen LogP contribution in [0.1, 0.15) is 19.3 Å². The molecular weight excluding hydrogens is 221 g/mol. The molecule has 0 bridgehead atoms. The molecule has 1 aliphatic carbocycles. The minimum Gasteiger partial charge on any atom is -0.353 e. The van der Waals surface area contributed by atoms with Gasteiger partial charge in [0.05, 0.1) is 5.54 Å². The third-order valence-electron chi connectivity index (χ3n) is 2.92. The lowest BCUT2D eigenvalue weighted by Gasteiger charge is -2.13. The highest BCUT2D eigenvalue weighted by molar-refractivity contribution is 5.88. The van der Waals surface area contributed by atoms with Gasteiger partial charge in [-0.25, -0.2) is 4.39 Å². The highest BCUT2D eigenvalue weighted by Gasteiger charge is 2.45. The molecule has 1 amide bonds. The summed E-state index contributed by atoms with van der Waals surface area (Å²) in [7, 11) is 0. The van der Waals surface area contributed by atoms with E-state index in [2.05, 4.69) is 10.6 Å². The van der Waals surface area contributed by atoms with Gasteiger partial charge < -0.3 is 16.4 Å². The molecule has 2 atom stereocenters. The number of nitrogens with one attached hydrogen (secondary N) is 2. The van der Waals surface area contributed by atoms with E-state index in [0.29, 0.717) is 19.5 Å². The van der Waals surface area contributed by atoms with Crippen LogP contribution in [0.15, 0.2) is 0 Å². The molecule has 15 heavy (non-hydrogen) atoms. The Morgan fingerprint density at radius 1 is 1.60 bits per heavy atom. The van der Waals surface area contributed by atoms with Gasteiger partial charge in [0.15, 0.2) is 0 Å². The zero-order valence-corrected chi connectivity index (χ0v) is 9.28. The molecule has 1 saturated carbocycles. The van der Waals surface area contributed by atoms with E-state index in [1.165, 1.54) is 0 Å². The van der Waals surface area contributed by atoms with Gasteiger partial charge in [-0.3, -0.25) is 4.79 Å². The first-order chi connectivity index (χ1) is 6.60. The van der Waals surface area contributed by atoms with E-state index in [9.17, 15) is 9.18 Å². The van der Waals surface area contributed by atoms with Crippen LogP contribution in [0.4, 0.5) is 4.39 Å². The molecule has 2 fully saturated rings. The second kappa shape index (κ2) is 4.63. The third kappa shape index (κ3) is 3.03. The summed E-state index contributed by atoms with van der Waals surface area (Å²) in [5.41, 5.74) is 5.08. The van der Waals surface area contributed by atoms with Crippen molar-refractivity contribution in [3.63, 3.8) is 0 Å². The quantitative estimate of drug-likeness (QED) is 0.632. The lowest BCUT2D eigenvalue weighted by Crippen LogP contribution is -2.46. The van der Waals surface area contributed by atoms with Crippen LogP contribution >= 0.6 is 12.4 Å². The number of carbonyl (C=O) groups is 1. The number of alkyl halides is 1. The van der Waals surface area contributed by atoms with Crippen LogP contribution in [-0.4, -0.2) is 36.7 Å². The maximum atomic E-state index is 12.7. The number of carbonyl (C=O) groups excluding carboxylic acids is 1. The van der Waals surface area contributed by atoms with Crippen molar-refractivity contribution >= 4 is 18.3 Å². The molecule has 0 aromatic heterocycles. The van der Waals surface area contributed by atoms with Crippen molar-refractivity contribution in [1.29, 1.82) is 0 Å². The first kappa shape index (κ1) is 12.7.